The molecule has 0 radical (unpaired) electrons. The minimum absolute atomic E-state index is 0.0489. The number of rotatable bonds is 4. The molecule has 7 nitrogen and oxygen atoms in total. The molecular weight excluding hydrogens is 390 g/mol. The first-order valence-electron chi connectivity index (χ1n) is 8.46. The SMILES string of the molecule is Cc1ccc(Cl)cc1N1CCN(S(=O)(=O)c2ccc(C)c([N+](=O)[O-])c2)CC1. The van der Waals surface area contributed by atoms with Crippen LogP contribution in [0.25, 0.3) is 0 Å². The predicted octanol–water partition coefficient (Wildman–Crippen LogP) is 3.38. The van der Waals surface area contributed by atoms with Crippen LogP contribution in [0.15, 0.2) is 41.3 Å². The van der Waals surface area contributed by atoms with Crippen molar-refractivity contribution in [3.63, 3.8) is 0 Å². The summed E-state index contributed by atoms with van der Waals surface area (Å²) in [5, 5.41) is 11.8. The van der Waals surface area contributed by atoms with Crippen LogP contribution in [0.4, 0.5) is 11.4 Å². The Balaban J connectivity index is 1.80. The fourth-order valence-electron chi connectivity index (χ4n) is 3.19. The molecule has 0 aliphatic carbocycles. The van der Waals surface area contributed by atoms with E-state index in [-0.39, 0.29) is 10.6 Å². The monoisotopic (exact) mass is 409 g/mol. The van der Waals surface area contributed by atoms with Gasteiger partial charge < -0.3 is 4.90 Å². The van der Waals surface area contributed by atoms with Gasteiger partial charge in [0.15, 0.2) is 0 Å². The van der Waals surface area contributed by atoms with Crippen molar-refractivity contribution in [1.82, 2.24) is 4.31 Å². The van der Waals surface area contributed by atoms with Gasteiger partial charge in [-0.2, -0.15) is 4.31 Å². The molecule has 0 spiro atoms. The van der Waals surface area contributed by atoms with Crippen molar-refractivity contribution in [3.8, 4) is 0 Å². The molecule has 1 aliphatic rings. The highest BCUT2D eigenvalue weighted by molar-refractivity contribution is 7.89. The molecule has 2 aromatic rings. The fraction of sp³-hybridized carbons (Fsp3) is 0.333. The van der Waals surface area contributed by atoms with E-state index in [0.717, 1.165) is 17.3 Å². The molecule has 1 saturated heterocycles. The minimum atomic E-state index is -3.78. The average Bonchev–Trinajstić information content (AvgIpc) is 2.64. The molecule has 27 heavy (non-hydrogen) atoms. The number of nitrogens with zero attached hydrogens (tertiary/aromatic N) is 3. The topological polar surface area (TPSA) is 83.8 Å². The van der Waals surface area contributed by atoms with Gasteiger partial charge in [0.25, 0.3) is 5.69 Å². The Morgan fingerprint density at radius 2 is 1.63 bits per heavy atom. The largest absolute Gasteiger partial charge is 0.369 e. The zero-order valence-electron chi connectivity index (χ0n) is 15.1. The van der Waals surface area contributed by atoms with Crippen LogP contribution in [0.5, 0.6) is 0 Å². The predicted molar refractivity (Wildman–Crippen MR) is 105 cm³/mol. The van der Waals surface area contributed by atoms with E-state index in [9.17, 15) is 18.5 Å². The minimum Gasteiger partial charge on any atom is -0.369 e. The Hall–Kier alpha value is -2.16. The van der Waals surface area contributed by atoms with Gasteiger partial charge in [0.1, 0.15) is 0 Å². The number of anilines is 1. The van der Waals surface area contributed by atoms with E-state index >= 15 is 0 Å². The maximum Gasteiger partial charge on any atom is 0.273 e. The van der Waals surface area contributed by atoms with Crippen molar-refractivity contribution in [2.45, 2.75) is 18.7 Å². The summed E-state index contributed by atoms with van der Waals surface area (Å²) in [6, 6.07) is 9.67. The summed E-state index contributed by atoms with van der Waals surface area (Å²) in [5.74, 6) is 0. The van der Waals surface area contributed by atoms with Gasteiger partial charge in [-0.3, -0.25) is 10.1 Å². The lowest BCUT2D eigenvalue weighted by Gasteiger charge is -2.36. The zero-order chi connectivity index (χ0) is 19.8. The molecule has 0 unspecified atom stereocenters. The van der Waals surface area contributed by atoms with Crippen LogP contribution in [0.1, 0.15) is 11.1 Å². The van der Waals surface area contributed by atoms with E-state index in [0.29, 0.717) is 36.8 Å². The number of nitro groups is 1. The summed E-state index contributed by atoms with van der Waals surface area (Å²) in [5.41, 5.74) is 2.31. The summed E-state index contributed by atoms with van der Waals surface area (Å²) in [6.45, 7) is 5.22. The van der Waals surface area contributed by atoms with E-state index in [2.05, 4.69) is 4.90 Å². The van der Waals surface area contributed by atoms with Crippen LogP contribution in [-0.2, 0) is 10.0 Å². The number of hydrogen-bond acceptors (Lipinski definition) is 5. The van der Waals surface area contributed by atoms with Crippen molar-refractivity contribution >= 4 is 33.0 Å². The summed E-state index contributed by atoms with van der Waals surface area (Å²) in [4.78, 5) is 12.6. The Kier molecular flexibility index (Phi) is 5.41. The number of sulfonamides is 1. The molecule has 3 rings (SSSR count). The van der Waals surface area contributed by atoms with Crippen molar-refractivity contribution < 1.29 is 13.3 Å². The Bertz CT molecular complexity index is 986. The van der Waals surface area contributed by atoms with Crippen LogP contribution in [0.3, 0.4) is 0 Å². The second-order valence-electron chi connectivity index (χ2n) is 6.53. The van der Waals surface area contributed by atoms with Crippen LogP contribution in [0.2, 0.25) is 5.02 Å². The second-order valence-corrected chi connectivity index (χ2v) is 8.90. The number of benzene rings is 2. The van der Waals surface area contributed by atoms with Gasteiger partial charge >= 0.3 is 0 Å². The third-order valence-corrected chi connectivity index (χ3v) is 6.90. The van der Waals surface area contributed by atoms with E-state index < -0.39 is 14.9 Å². The first-order valence-corrected chi connectivity index (χ1v) is 10.3. The highest BCUT2D eigenvalue weighted by atomic mass is 35.5. The number of aryl methyl sites for hydroxylation is 2. The molecule has 9 heteroatoms. The number of halogens is 1. The van der Waals surface area contributed by atoms with Crippen LogP contribution >= 0.6 is 11.6 Å². The van der Waals surface area contributed by atoms with E-state index in [1.54, 1.807) is 6.92 Å². The summed E-state index contributed by atoms with van der Waals surface area (Å²) < 4.78 is 27.2. The van der Waals surface area contributed by atoms with Crippen LogP contribution < -0.4 is 4.90 Å². The van der Waals surface area contributed by atoms with Gasteiger partial charge in [0.05, 0.1) is 9.82 Å². The van der Waals surface area contributed by atoms with Gasteiger partial charge in [0, 0.05) is 48.5 Å². The molecule has 0 aromatic heterocycles. The molecule has 1 heterocycles. The molecule has 1 aliphatic heterocycles. The first-order chi connectivity index (χ1) is 12.7. The average molecular weight is 410 g/mol. The Morgan fingerprint density at radius 3 is 2.26 bits per heavy atom. The summed E-state index contributed by atoms with van der Waals surface area (Å²) in [6.07, 6.45) is 0. The first kappa shape index (κ1) is 19.6. The lowest BCUT2D eigenvalue weighted by molar-refractivity contribution is -0.385. The molecule has 0 bridgehead atoms. The van der Waals surface area contributed by atoms with Crippen molar-refractivity contribution in [2.24, 2.45) is 0 Å². The highest BCUT2D eigenvalue weighted by Crippen LogP contribution is 2.28. The van der Waals surface area contributed by atoms with Gasteiger partial charge in [0.2, 0.25) is 10.0 Å². The van der Waals surface area contributed by atoms with Gasteiger partial charge in [-0.25, -0.2) is 8.42 Å². The molecule has 0 atom stereocenters. The van der Waals surface area contributed by atoms with Gasteiger partial charge in [-0.05, 0) is 37.6 Å². The van der Waals surface area contributed by atoms with Crippen molar-refractivity contribution in [2.75, 3.05) is 31.1 Å². The summed E-state index contributed by atoms with van der Waals surface area (Å²) >= 11 is 6.08. The third-order valence-electron chi connectivity index (χ3n) is 4.77. The van der Waals surface area contributed by atoms with Gasteiger partial charge in [-0.1, -0.05) is 23.7 Å². The van der Waals surface area contributed by atoms with Crippen molar-refractivity contribution in [1.29, 1.82) is 0 Å². The number of nitro benzene ring substituents is 1. The summed E-state index contributed by atoms with van der Waals surface area (Å²) in [7, 11) is -3.78. The quantitative estimate of drug-likeness (QED) is 0.571. The Morgan fingerprint density at radius 1 is 1.00 bits per heavy atom. The number of hydrogen-bond donors (Lipinski definition) is 0. The second kappa shape index (κ2) is 7.46. The molecule has 144 valence electrons. The molecule has 2 aromatic carbocycles. The standard InChI is InChI=1S/C18H20ClN3O4S/c1-13-3-5-15(19)11-17(13)20-7-9-21(10-8-20)27(25,26)16-6-4-14(2)18(12-16)22(23)24/h3-6,11-12H,7-10H2,1-2H3. The van der Waals surface area contributed by atoms with Crippen molar-refractivity contribution in [3.05, 3.63) is 62.7 Å². The maximum absolute atomic E-state index is 12.9. The molecule has 1 fully saturated rings. The van der Waals surface area contributed by atoms with E-state index in [4.69, 9.17) is 11.6 Å². The molecular formula is C18H20ClN3O4S. The van der Waals surface area contributed by atoms with E-state index in [1.807, 2.05) is 25.1 Å². The van der Waals surface area contributed by atoms with E-state index in [1.165, 1.54) is 16.4 Å². The third kappa shape index (κ3) is 3.92. The van der Waals surface area contributed by atoms with Crippen LogP contribution in [0, 0.1) is 24.0 Å². The normalized spacial score (nSPS) is 15.7. The molecule has 0 saturated carbocycles. The molecule has 0 amide bonds. The highest BCUT2D eigenvalue weighted by Gasteiger charge is 2.30. The van der Waals surface area contributed by atoms with Crippen LogP contribution in [-0.4, -0.2) is 43.8 Å². The smallest absolute Gasteiger partial charge is 0.273 e. The fourth-order valence-corrected chi connectivity index (χ4v) is 4.80. The lowest BCUT2D eigenvalue weighted by atomic mass is 10.1. The van der Waals surface area contributed by atoms with Gasteiger partial charge in [-0.15, -0.1) is 0 Å². The maximum atomic E-state index is 12.9. The lowest BCUT2D eigenvalue weighted by Crippen LogP contribution is -2.48. The zero-order valence-corrected chi connectivity index (χ0v) is 16.6. The molecule has 0 N–H and O–H groups in total. The Labute approximate surface area is 163 Å². The number of piperazine rings is 1.